The zero-order chi connectivity index (χ0) is 23.0. The van der Waals surface area contributed by atoms with E-state index < -0.39 is 5.54 Å². The molecule has 0 bridgehead atoms. The molecule has 7 nitrogen and oxygen atoms in total. The number of aromatic nitrogens is 1. The average molecular weight is 450 g/mol. The molecule has 0 saturated heterocycles. The highest BCUT2D eigenvalue weighted by Gasteiger charge is 2.49. The highest BCUT2D eigenvalue weighted by molar-refractivity contribution is 6.13. The Balaban J connectivity index is 1.54. The molecule has 2 amide bonds. The number of hydrogen-bond acceptors (Lipinski definition) is 4. The standard InChI is InChI=1S/C26H31N3O4/c1-3-32-20-12-10-19(11-13-20)29-24(30)22-16-23-21(14-15-33-23)28(22)17-26(29,2)25(31)27-18-8-6-4-5-7-9-18/h10-16,18H,3-9,17H2,1-2H3,(H,27,31). The van der Waals surface area contributed by atoms with E-state index in [-0.39, 0.29) is 17.9 Å². The minimum absolute atomic E-state index is 0.118. The van der Waals surface area contributed by atoms with Crippen LogP contribution in [-0.4, -0.2) is 34.6 Å². The van der Waals surface area contributed by atoms with E-state index in [0.717, 1.165) is 36.9 Å². The summed E-state index contributed by atoms with van der Waals surface area (Å²) in [6.07, 6.45) is 8.27. The van der Waals surface area contributed by atoms with E-state index in [1.165, 1.54) is 12.8 Å². The van der Waals surface area contributed by atoms with E-state index in [4.69, 9.17) is 9.15 Å². The van der Waals surface area contributed by atoms with Gasteiger partial charge in [-0.15, -0.1) is 0 Å². The van der Waals surface area contributed by atoms with Gasteiger partial charge in [0.2, 0.25) is 5.91 Å². The molecule has 7 heteroatoms. The molecule has 1 aromatic carbocycles. The smallest absolute Gasteiger partial charge is 0.276 e. The maximum atomic E-state index is 13.8. The molecule has 1 aliphatic heterocycles. The molecule has 2 aliphatic rings. The van der Waals surface area contributed by atoms with Crippen LogP contribution in [0.2, 0.25) is 0 Å². The van der Waals surface area contributed by atoms with Crippen LogP contribution in [0.25, 0.3) is 11.1 Å². The summed E-state index contributed by atoms with van der Waals surface area (Å²) in [5.41, 5.74) is 1.59. The minimum atomic E-state index is -1.09. The first-order valence-corrected chi connectivity index (χ1v) is 12.0. The molecule has 5 rings (SSSR count). The number of carbonyl (C=O) groups is 2. The van der Waals surface area contributed by atoms with Crippen LogP contribution in [0.15, 0.2) is 47.1 Å². The average Bonchev–Trinajstić information content (AvgIpc) is 3.30. The molecular weight excluding hydrogens is 418 g/mol. The van der Waals surface area contributed by atoms with E-state index in [1.54, 1.807) is 17.2 Å². The van der Waals surface area contributed by atoms with Crippen molar-refractivity contribution in [3.8, 4) is 5.75 Å². The molecule has 1 aliphatic carbocycles. The van der Waals surface area contributed by atoms with Gasteiger partial charge in [0.25, 0.3) is 5.91 Å². The third-order valence-electron chi connectivity index (χ3n) is 6.99. The molecular formula is C26H31N3O4. The van der Waals surface area contributed by atoms with Crippen LogP contribution >= 0.6 is 0 Å². The van der Waals surface area contributed by atoms with Gasteiger partial charge in [0, 0.05) is 23.9 Å². The molecule has 33 heavy (non-hydrogen) atoms. The molecule has 0 radical (unpaired) electrons. The number of nitrogens with zero attached hydrogens (tertiary/aromatic N) is 2. The fraction of sp³-hybridized carbons (Fsp3) is 0.462. The Morgan fingerprint density at radius 3 is 2.58 bits per heavy atom. The second-order valence-corrected chi connectivity index (χ2v) is 9.29. The van der Waals surface area contributed by atoms with Crippen molar-refractivity contribution in [2.24, 2.45) is 0 Å². The lowest BCUT2D eigenvalue weighted by Gasteiger charge is -2.44. The van der Waals surface area contributed by atoms with E-state index in [2.05, 4.69) is 5.32 Å². The van der Waals surface area contributed by atoms with Crippen molar-refractivity contribution in [2.45, 2.75) is 70.5 Å². The Kier molecular flexibility index (Phi) is 5.64. The molecule has 1 saturated carbocycles. The van der Waals surface area contributed by atoms with E-state index in [0.29, 0.717) is 30.1 Å². The Morgan fingerprint density at radius 2 is 1.88 bits per heavy atom. The quantitative estimate of drug-likeness (QED) is 0.563. The lowest BCUT2D eigenvalue weighted by Crippen LogP contribution is -2.65. The summed E-state index contributed by atoms with van der Waals surface area (Å²) in [7, 11) is 0. The van der Waals surface area contributed by atoms with Crippen LogP contribution in [0.4, 0.5) is 5.69 Å². The fourth-order valence-electron chi connectivity index (χ4n) is 5.24. The predicted molar refractivity (Wildman–Crippen MR) is 127 cm³/mol. The summed E-state index contributed by atoms with van der Waals surface area (Å²) < 4.78 is 13.0. The van der Waals surface area contributed by atoms with E-state index in [1.807, 2.05) is 48.7 Å². The first-order chi connectivity index (χ1) is 16.0. The van der Waals surface area contributed by atoms with Crippen molar-refractivity contribution >= 4 is 28.6 Å². The number of rotatable bonds is 5. The van der Waals surface area contributed by atoms with Crippen molar-refractivity contribution in [1.82, 2.24) is 9.88 Å². The first-order valence-electron chi connectivity index (χ1n) is 12.0. The van der Waals surface area contributed by atoms with Crippen molar-refractivity contribution in [3.63, 3.8) is 0 Å². The van der Waals surface area contributed by atoms with Crippen molar-refractivity contribution < 1.29 is 18.7 Å². The van der Waals surface area contributed by atoms with Crippen LogP contribution in [0.1, 0.15) is 62.9 Å². The van der Waals surface area contributed by atoms with Gasteiger partial charge in [-0.1, -0.05) is 25.7 Å². The SMILES string of the molecule is CCOc1ccc(N2C(=O)c3cc4occc4n3CC2(C)C(=O)NC2CCCCCC2)cc1. The topological polar surface area (TPSA) is 76.7 Å². The number of ether oxygens (including phenoxy) is 1. The monoisotopic (exact) mass is 449 g/mol. The zero-order valence-electron chi connectivity index (χ0n) is 19.3. The van der Waals surface area contributed by atoms with Crippen LogP contribution in [0.5, 0.6) is 5.75 Å². The summed E-state index contributed by atoms with van der Waals surface area (Å²) in [5, 5.41) is 3.29. The Morgan fingerprint density at radius 1 is 1.15 bits per heavy atom. The second-order valence-electron chi connectivity index (χ2n) is 9.29. The molecule has 1 unspecified atom stereocenters. The third kappa shape index (κ3) is 3.79. The summed E-state index contributed by atoms with van der Waals surface area (Å²) >= 11 is 0. The summed E-state index contributed by atoms with van der Waals surface area (Å²) in [6.45, 7) is 4.71. The number of hydrogen-bond donors (Lipinski definition) is 1. The maximum Gasteiger partial charge on any atom is 0.276 e. The molecule has 0 spiro atoms. The third-order valence-corrected chi connectivity index (χ3v) is 6.99. The van der Waals surface area contributed by atoms with Crippen molar-refractivity contribution in [1.29, 1.82) is 0 Å². The Hall–Kier alpha value is -3.22. The van der Waals surface area contributed by atoms with Gasteiger partial charge >= 0.3 is 0 Å². The van der Waals surface area contributed by atoms with Crippen LogP contribution in [0, 0.1) is 0 Å². The molecule has 3 aromatic rings. The minimum Gasteiger partial charge on any atom is -0.494 e. The normalized spacial score (nSPS) is 21.6. The second kappa shape index (κ2) is 8.61. The van der Waals surface area contributed by atoms with Gasteiger partial charge in [0.1, 0.15) is 17.0 Å². The number of furan rings is 1. The summed E-state index contributed by atoms with van der Waals surface area (Å²) in [6, 6.07) is 11.1. The molecule has 174 valence electrons. The van der Waals surface area contributed by atoms with Gasteiger partial charge in [-0.05, 0) is 51.0 Å². The maximum absolute atomic E-state index is 13.8. The Bertz CT molecular complexity index is 1150. The van der Waals surface area contributed by atoms with E-state index >= 15 is 0 Å². The molecule has 1 atom stereocenters. The number of amides is 2. The molecule has 3 heterocycles. The molecule has 2 aromatic heterocycles. The lowest BCUT2D eigenvalue weighted by molar-refractivity contribution is -0.127. The van der Waals surface area contributed by atoms with Crippen LogP contribution in [-0.2, 0) is 11.3 Å². The fourth-order valence-corrected chi connectivity index (χ4v) is 5.24. The highest BCUT2D eigenvalue weighted by Crippen LogP contribution is 2.37. The number of anilines is 1. The largest absolute Gasteiger partial charge is 0.494 e. The molecule has 1 fully saturated rings. The summed E-state index contributed by atoms with van der Waals surface area (Å²) in [5.74, 6) is 0.402. The van der Waals surface area contributed by atoms with Gasteiger partial charge < -0.3 is 19.0 Å². The number of nitrogens with one attached hydrogen (secondary N) is 1. The van der Waals surface area contributed by atoms with Crippen molar-refractivity contribution in [3.05, 3.63) is 48.4 Å². The number of carbonyl (C=O) groups excluding carboxylic acids is 2. The zero-order valence-corrected chi connectivity index (χ0v) is 19.3. The molecule has 1 N–H and O–H groups in total. The van der Waals surface area contributed by atoms with Crippen LogP contribution in [0.3, 0.4) is 0 Å². The first kappa shape index (κ1) is 21.6. The summed E-state index contributed by atoms with van der Waals surface area (Å²) in [4.78, 5) is 29.3. The van der Waals surface area contributed by atoms with Gasteiger partial charge in [-0.25, -0.2) is 0 Å². The number of benzene rings is 1. The van der Waals surface area contributed by atoms with Gasteiger partial charge in [0.15, 0.2) is 5.58 Å². The van der Waals surface area contributed by atoms with Gasteiger partial charge in [-0.2, -0.15) is 0 Å². The highest BCUT2D eigenvalue weighted by atomic mass is 16.5. The van der Waals surface area contributed by atoms with Gasteiger partial charge in [0.05, 0.1) is 24.9 Å². The number of fused-ring (bicyclic) bond motifs is 3. The lowest BCUT2D eigenvalue weighted by atomic mass is 9.92. The van der Waals surface area contributed by atoms with Gasteiger partial charge in [-0.3, -0.25) is 14.5 Å². The van der Waals surface area contributed by atoms with Crippen LogP contribution < -0.4 is 15.0 Å². The predicted octanol–water partition coefficient (Wildman–Crippen LogP) is 4.89. The van der Waals surface area contributed by atoms with Crippen molar-refractivity contribution in [2.75, 3.05) is 11.5 Å². The van der Waals surface area contributed by atoms with E-state index in [9.17, 15) is 9.59 Å². The Labute approximate surface area is 193 Å².